The van der Waals surface area contributed by atoms with Gasteiger partial charge >= 0.3 is 0 Å². The summed E-state index contributed by atoms with van der Waals surface area (Å²) in [6, 6.07) is 10.3. The third-order valence-corrected chi connectivity index (χ3v) is 11.9. The van der Waals surface area contributed by atoms with Crippen molar-refractivity contribution in [1.82, 2.24) is 14.2 Å². The van der Waals surface area contributed by atoms with Crippen LogP contribution in [0.2, 0.25) is 0 Å². The third-order valence-electron chi connectivity index (χ3n) is 6.16. The number of nitrogens with two attached hydrogens (primary N) is 1. The van der Waals surface area contributed by atoms with E-state index in [-0.39, 0.29) is 31.7 Å². The molecular formula is C24H36N4O8S4. The van der Waals surface area contributed by atoms with Gasteiger partial charge in [0.25, 0.3) is 0 Å². The summed E-state index contributed by atoms with van der Waals surface area (Å²) in [4.78, 5) is -0.380. The molecular weight excluding hydrogens is 601 g/mol. The Balaban J connectivity index is 0.000000225. The zero-order chi connectivity index (χ0) is 30.0. The second-order valence-electron chi connectivity index (χ2n) is 10.8. The summed E-state index contributed by atoms with van der Waals surface area (Å²) in [5.41, 5.74) is -0.641. The molecule has 2 aliphatic carbocycles. The Kier molecular flexibility index (Phi) is 9.88. The molecule has 2 aliphatic rings. The highest BCUT2D eigenvalue weighted by atomic mass is 32.2. The summed E-state index contributed by atoms with van der Waals surface area (Å²) in [5, 5.41) is 4.96. The highest BCUT2D eigenvalue weighted by Gasteiger charge is 2.28. The molecule has 2 aromatic carbocycles. The topological polar surface area (TPSA) is 199 Å². The Morgan fingerprint density at radius 1 is 0.625 bits per heavy atom. The monoisotopic (exact) mass is 636 g/mol. The van der Waals surface area contributed by atoms with Gasteiger partial charge in [0.15, 0.2) is 0 Å². The molecule has 40 heavy (non-hydrogen) atoms. The van der Waals surface area contributed by atoms with Crippen molar-refractivity contribution < 1.29 is 33.7 Å². The van der Waals surface area contributed by atoms with Crippen LogP contribution in [0.25, 0.3) is 0 Å². The van der Waals surface area contributed by atoms with E-state index in [1.54, 1.807) is 20.8 Å². The fourth-order valence-electron chi connectivity index (χ4n) is 3.72. The van der Waals surface area contributed by atoms with Crippen molar-refractivity contribution in [1.29, 1.82) is 0 Å². The molecule has 2 saturated carbocycles. The van der Waals surface area contributed by atoms with E-state index in [2.05, 4.69) is 14.2 Å². The number of benzene rings is 2. The van der Waals surface area contributed by atoms with Crippen molar-refractivity contribution in [3.8, 4) is 0 Å². The van der Waals surface area contributed by atoms with E-state index in [1.807, 2.05) is 0 Å². The van der Waals surface area contributed by atoms with Gasteiger partial charge in [-0.25, -0.2) is 53.0 Å². The summed E-state index contributed by atoms with van der Waals surface area (Å²) in [6.07, 6.45) is 5.29. The van der Waals surface area contributed by atoms with Gasteiger partial charge in [-0.1, -0.05) is 25.0 Å². The summed E-state index contributed by atoms with van der Waals surface area (Å²) in [7, 11) is -15.0. The minimum atomic E-state index is -3.90. The molecule has 0 aliphatic heterocycles. The van der Waals surface area contributed by atoms with Gasteiger partial charge in [0, 0.05) is 17.6 Å². The van der Waals surface area contributed by atoms with Gasteiger partial charge in [-0.05, 0) is 82.9 Å². The van der Waals surface area contributed by atoms with Crippen LogP contribution in [-0.2, 0) is 40.1 Å². The Bertz CT molecular complexity index is 1640. The summed E-state index contributed by atoms with van der Waals surface area (Å²) in [5.74, 6) is 0. The number of rotatable bonds is 9. The van der Waals surface area contributed by atoms with Crippen molar-refractivity contribution in [2.45, 2.75) is 96.5 Å². The summed E-state index contributed by atoms with van der Waals surface area (Å²) >= 11 is 0. The van der Waals surface area contributed by atoms with Crippen LogP contribution in [0, 0.1) is 0 Å². The molecule has 5 N–H and O–H groups in total. The van der Waals surface area contributed by atoms with Gasteiger partial charge in [0.1, 0.15) is 0 Å². The Labute approximate surface area is 237 Å². The van der Waals surface area contributed by atoms with Crippen LogP contribution in [-0.4, -0.2) is 51.3 Å². The van der Waals surface area contributed by atoms with Crippen LogP contribution in [0.15, 0.2) is 68.1 Å². The Morgan fingerprint density at radius 2 is 0.975 bits per heavy atom. The fourth-order valence-corrected chi connectivity index (χ4v) is 8.59. The van der Waals surface area contributed by atoms with E-state index in [1.165, 1.54) is 42.5 Å². The van der Waals surface area contributed by atoms with E-state index in [0.717, 1.165) is 44.6 Å². The second-order valence-corrected chi connectivity index (χ2v) is 17.5. The SMILES string of the molecule is CC(C)(C)NS(=O)(=O)c1cccc(S(=O)(=O)NC2CCC2)c1.NS(=O)(=O)c1cccc(S(=O)(=O)NC2CCC2)c1. The van der Waals surface area contributed by atoms with Gasteiger partial charge in [-0.2, -0.15) is 0 Å². The largest absolute Gasteiger partial charge is 0.241 e. The van der Waals surface area contributed by atoms with Gasteiger partial charge in [0.2, 0.25) is 40.1 Å². The van der Waals surface area contributed by atoms with Gasteiger partial charge in [0.05, 0.1) is 19.6 Å². The number of sulfonamides is 4. The first kappa shape index (κ1) is 32.6. The summed E-state index contributed by atoms with van der Waals surface area (Å²) < 4.78 is 103. The molecule has 0 spiro atoms. The van der Waals surface area contributed by atoms with Gasteiger partial charge in [-0.3, -0.25) is 0 Å². The van der Waals surface area contributed by atoms with Crippen LogP contribution >= 0.6 is 0 Å². The van der Waals surface area contributed by atoms with Crippen LogP contribution in [0.1, 0.15) is 59.3 Å². The molecule has 16 heteroatoms. The number of hydrogen-bond acceptors (Lipinski definition) is 8. The highest BCUT2D eigenvalue weighted by molar-refractivity contribution is 7.90. The maximum absolute atomic E-state index is 12.3. The predicted octanol–water partition coefficient (Wildman–Crippen LogP) is 1.76. The molecule has 0 bridgehead atoms. The lowest BCUT2D eigenvalue weighted by atomic mass is 9.94. The van der Waals surface area contributed by atoms with E-state index < -0.39 is 45.6 Å². The lowest BCUT2D eigenvalue weighted by molar-refractivity contribution is 0.383. The maximum Gasteiger partial charge on any atom is 0.241 e. The van der Waals surface area contributed by atoms with E-state index in [4.69, 9.17) is 5.14 Å². The quantitative estimate of drug-likeness (QED) is 0.319. The van der Waals surface area contributed by atoms with E-state index in [0.29, 0.717) is 0 Å². The first-order valence-electron chi connectivity index (χ1n) is 12.6. The molecule has 224 valence electrons. The fraction of sp³-hybridized carbons (Fsp3) is 0.500. The minimum absolute atomic E-state index is 0.0313. The zero-order valence-corrected chi connectivity index (χ0v) is 25.8. The molecule has 0 unspecified atom stereocenters. The summed E-state index contributed by atoms with van der Waals surface area (Å²) in [6.45, 7) is 5.18. The normalized spacial score (nSPS) is 17.3. The number of nitrogens with one attached hydrogen (secondary N) is 3. The first-order valence-corrected chi connectivity index (χ1v) is 18.6. The zero-order valence-electron chi connectivity index (χ0n) is 22.5. The number of primary sulfonamides is 1. The molecule has 4 rings (SSSR count). The number of hydrogen-bond donors (Lipinski definition) is 4. The van der Waals surface area contributed by atoms with Crippen molar-refractivity contribution in [2.24, 2.45) is 5.14 Å². The Hall–Kier alpha value is -1.92. The minimum Gasteiger partial charge on any atom is -0.225 e. The smallest absolute Gasteiger partial charge is 0.225 e. The molecule has 0 aromatic heterocycles. The molecule has 0 saturated heterocycles. The predicted molar refractivity (Wildman–Crippen MR) is 150 cm³/mol. The lowest BCUT2D eigenvalue weighted by Crippen LogP contribution is -2.41. The maximum atomic E-state index is 12.3. The molecule has 0 heterocycles. The second kappa shape index (κ2) is 12.1. The molecule has 2 fully saturated rings. The molecule has 12 nitrogen and oxygen atoms in total. The van der Waals surface area contributed by atoms with E-state index in [9.17, 15) is 33.7 Å². The van der Waals surface area contributed by atoms with Crippen LogP contribution in [0.5, 0.6) is 0 Å². The molecule has 0 radical (unpaired) electrons. The van der Waals surface area contributed by atoms with E-state index >= 15 is 0 Å². The third kappa shape index (κ3) is 9.04. The van der Waals surface area contributed by atoms with Crippen molar-refractivity contribution in [3.63, 3.8) is 0 Å². The molecule has 0 amide bonds. The van der Waals surface area contributed by atoms with Crippen molar-refractivity contribution in [3.05, 3.63) is 48.5 Å². The van der Waals surface area contributed by atoms with Crippen molar-refractivity contribution >= 4 is 40.1 Å². The van der Waals surface area contributed by atoms with Crippen LogP contribution in [0.4, 0.5) is 0 Å². The highest BCUT2D eigenvalue weighted by Crippen LogP contribution is 2.23. The van der Waals surface area contributed by atoms with Crippen LogP contribution < -0.4 is 19.3 Å². The van der Waals surface area contributed by atoms with Crippen molar-refractivity contribution in [2.75, 3.05) is 0 Å². The standard InChI is InChI=1S/C14H22N2O4S2.C10H14N2O4S2/c1-14(2,3)16-22(19,20)13-9-5-8-12(10-13)21(17,18)15-11-6-4-7-11;11-17(13,14)9-5-2-6-10(7-9)18(15,16)12-8-3-1-4-8/h5,8-11,15-16H,4,6-7H2,1-3H3;2,5-8,12H,1,3-4H2,(H2,11,13,14). The average Bonchev–Trinajstić information content (AvgIpc) is 2.78. The van der Waals surface area contributed by atoms with Crippen LogP contribution in [0.3, 0.4) is 0 Å². The molecule has 2 aromatic rings. The first-order chi connectivity index (χ1) is 18.3. The van der Waals surface area contributed by atoms with Gasteiger partial charge < -0.3 is 0 Å². The lowest BCUT2D eigenvalue weighted by Gasteiger charge is -2.26. The van der Waals surface area contributed by atoms with Gasteiger partial charge in [-0.15, -0.1) is 0 Å². The molecule has 0 atom stereocenters. The Morgan fingerprint density at radius 3 is 1.30 bits per heavy atom. The average molecular weight is 637 g/mol.